The molecule has 0 aromatic heterocycles. The third-order valence-corrected chi connectivity index (χ3v) is 4.30. The van der Waals surface area contributed by atoms with Gasteiger partial charge in [-0.2, -0.15) is 0 Å². The molecule has 108 valence electrons. The highest BCUT2D eigenvalue weighted by molar-refractivity contribution is 5.97. The van der Waals surface area contributed by atoms with Crippen LogP contribution < -0.4 is 5.32 Å². The van der Waals surface area contributed by atoms with Crippen LogP contribution in [0.4, 0.5) is 0 Å². The average molecular weight is 273 g/mol. The lowest BCUT2D eigenvalue weighted by Gasteiger charge is -2.31. The molecule has 1 fully saturated rings. The molecule has 0 radical (unpaired) electrons. The minimum Gasteiger partial charge on any atom is -0.349 e. The van der Waals surface area contributed by atoms with Crippen LogP contribution in [-0.4, -0.2) is 17.7 Å². The SMILES string of the molecule is CCC1CCCCC1NC(=O)c1ccc(C(C)=O)cc1. The summed E-state index contributed by atoms with van der Waals surface area (Å²) in [5.41, 5.74) is 1.28. The first-order chi connectivity index (χ1) is 9.61. The number of hydrogen-bond donors (Lipinski definition) is 1. The van der Waals surface area contributed by atoms with Crippen molar-refractivity contribution in [1.29, 1.82) is 0 Å². The Balaban J connectivity index is 2.01. The zero-order valence-corrected chi connectivity index (χ0v) is 12.3. The molecule has 1 aromatic rings. The molecular formula is C17H23NO2. The topological polar surface area (TPSA) is 46.2 Å². The molecule has 0 aliphatic heterocycles. The molecule has 0 saturated heterocycles. The fraction of sp³-hybridized carbons (Fsp3) is 0.529. The summed E-state index contributed by atoms with van der Waals surface area (Å²) >= 11 is 0. The maximum absolute atomic E-state index is 12.3. The lowest BCUT2D eigenvalue weighted by molar-refractivity contribution is 0.0903. The number of amides is 1. The number of rotatable bonds is 4. The minimum absolute atomic E-state index is 0.0227. The van der Waals surface area contributed by atoms with Crippen LogP contribution in [0.5, 0.6) is 0 Å². The van der Waals surface area contributed by atoms with E-state index in [0.29, 0.717) is 23.1 Å². The fourth-order valence-electron chi connectivity index (χ4n) is 2.99. The lowest BCUT2D eigenvalue weighted by Crippen LogP contribution is -2.41. The summed E-state index contributed by atoms with van der Waals surface area (Å²) in [5, 5.41) is 3.16. The van der Waals surface area contributed by atoms with Crippen molar-refractivity contribution in [3.8, 4) is 0 Å². The molecule has 0 bridgehead atoms. The monoisotopic (exact) mass is 273 g/mol. The molecule has 2 unspecified atom stereocenters. The molecule has 2 atom stereocenters. The molecule has 0 spiro atoms. The van der Waals surface area contributed by atoms with E-state index in [-0.39, 0.29) is 11.7 Å². The Morgan fingerprint density at radius 2 is 1.70 bits per heavy atom. The van der Waals surface area contributed by atoms with Gasteiger partial charge in [-0.3, -0.25) is 9.59 Å². The van der Waals surface area contributed by atoms with Crippen molar-refractivity contribution < 1.29 is 9.59 Å². The van der Waals surface area contributed by atoms with Crippen molar-refractivity contribution in [2.45, 2.75) is 52.0 Å². The third kappa shape index (κ3) is 3.47. The molecule has 1 aliphatic rings. The maximum atomic E-state index is 12.3. The number of hydrogen-bond acceptors (Lipinski definition) is 2. The Morgan fingerprint density at radius 3 is 2.30 bits per heavy atom. The Labute approximate surface area is 120 Å². The van der Waals surface area contributed by atoms with Gasteiger partial charge in [0.15, 0.2) is 5.78 Å². The lowest BCUT2D eigenvalue weighted by atomic mass is 9.83. The van der Waals surface area contributed by atoms with E-state index in [9.17, 15) is 9.59 Å². The molecule has 1 aromatic carbocycles. The molecular weight excluding hydrogens is 250 g/mol. The highest BCUT2D eigenvalue weighted by Gasteiger charge is 2.25. The summed E-state index contributed by atoms with van der Waals surface area (Å²) in [7, 11) is 0. The van der Waals surface area contributed by atoms with Gasteiger partial charge in [0.05, 0.1) is 0 Å². The van der Waals surface area contributed by atoms with Gasteiger partial charge in [-0.05, 0) is 37.8 Å². The van der Waals surface area contributed by atoms with Gasteiger partial charge < -0.3 is 5.32 Å². The van der Waals surface area contributed by atoms with Gasteiger partial charge in [-0.1, -0.05) is 38.3 Å². The predicted octanol–water partition coefficient (Wildman–Crippen LogP) is 3.59. The molecule has 3 heteroatoms. The Morgan fingerprint density at radius 1 is 1.10 bits per heavy atom. The van der Waals surface area contributed by atoms with Gasteiger partial charge >= 0.3 is 0 Å². The summed E-state index contributed by atoms with van der Waals surface area (Å²) < 4.78 is 0. The molecule has 1 amide bonds. The van der Waals surface area contributed by atoms with Crippen LogP contribution in [0.25, 0.3) is 0 Å². The number of ketones is 1. The first-order valence-corrected chi connectivity index (χ1v) is 7.53. The van der Waals surface area contributed by atoms with Gasteiger partial charge in [0, 0.05) is 17.2 Å². The van der Waals surface area contributed by atoms with Gasteiger partial charge in [-0.15, -0.1) is 0 Å². The first kappa shape index (κ1) is 14.8. The number of carbonyl (C=O) groups is 2. The molecule has 1 N–H and O–H groups in total. The van der Waals surface area contributed by atoms with Crippen LogP contribution in [0.15, 0.2) is 24.3 Å². The summed E-state index contributed by atoms with van der Waals surface area (Å²) in [6.07, 6.45) is 5.89. The van der Waals surface area contributed by atoms with E-state index in [1.165, 1.54) is 26.2 Å². The quantitative estimate of drug-likeness (QED) is 0.852. The van der Waals surface area contributed by atoms with Crippen molar-refractivity contribution in [2.24, 2.45) is 5.92 Å². The second kappa shape index (κ2) is 6.69. The van der Waals surface area contributed by atoms with Crippen LogP contribution in [0, 0.1) is 5.92 Å². The normalized spacial score (nSPS) is 22.3. The molecule has 0 heterocycles. The highest BCUT2D eigenvalue weighted by atomic mass is 16.1. The van der Waals surface area contributed by atoms with Crippen molar-refractivity contribution in [3.63, 3.8) is 0 Å². The van der Waals surface area contributed by atoms with Crippen LogP contribution in [-0.2, 0) is 0 Å². The van der Waals surface area contributed by atoms with Crippen molar-refractivity contribution >= 4 is 11.7 Å². The van der Waals surface area contributed by atoms with E-state index < -0.39 is 0 Å². The van der Waals surface area contributed by atoms with Crippen LogP contribution in [0.2, 0.25) is 0 Å². The smallest absolute Gasteiger partial charge is 0.251 e. The van der Waals surface area contributed by atoms with Crippen LogP contribution in [0.3, 0.4) is 0 Å². The third-order valence-electron chi connectivity index (χ3n) is 4.30. The van der Waals surface area contributed by atoms with E-state index in [1.54, 1.807) is 24.3 Å². The van der Waals surface area contributed by atoms with Crippen LogP contribution >= 0.6 is 0 Å². The van der Waals surface area contributed by atoms with E-state index >= 15 is 0 Å². The standard InChI is InChI=1S/C17H23NO2/c1-3-13-6-4-5-7-16(13)18-17(20)15-10-8-14(9-11-15)12(2)19/h8-11,13,16H,3-7H2,1-2H3,(H,18,20). The fourth-order valence-corrected chi connectivity index (χ4v) is 2.99. The van der Waals surface area contributed by atoms with E-state index in [1.807, 2.05) is 0 Å². The molecule has 2 rings (SSSR count). The molecule has 1 saturated carbocycles. The predicted molar refractivity (Wildman–Crippen MR) is 79.9 cm³/mol. The van der Waals surface area contributed by atoms with Gasteiger partial charge in [0.1, 0.15) is 0 Å². The van der Waals surface area contributed by atoms with Crippen molar-refractivity contribution in [1.82, 2.24) is 5.32 Å². The second-order valence-electron chi connectivity index (χ2n) is 5.67. The van der Waals surface area contributed by atoms with Gasteiger partial charge in [-0.25, -0.2) is 0 Å². The molecule has 3 nitrogen and oxygen atoms in total. The number of nitrogens with one attached hydrogen (secondary N) is 1. The van der Waals surface area contributed by atoms with Gasteiger partial charge in [0.2, 0.25) is 0 Å². The Bertz CT molecular complexity index is 478. The summed E-state index contributed by atoms with van der Waals surface area (Å²) in [6.45, 7) is 3.72. The minimum atomic E-state index is -0.0227. The van der Waals surface area contributed by atoms with Crippen molar-refractivity contribution in [3.05, 3.63) is 35.4 Å². The Kier molecular flexibility index (Phi) is 4.94. The number of Topliss-reactive ketones (excluding diaryl/α,β-unsaturated/α-hetero) is 1. The van der Waals surface area contributed by atoms with Crippen molar-refractivity contribution in [2.75, 3.05) is 0 Å². The number of carbonyl (C=O) groups excluding carboxylic acids is 2. The zero-order valence-electron chi connectivity index (χ0n) is 12.3. The molecule has 1 aliphatic carbocycles. The van der Waals surface area contributed by atoms with E-state index in [4.69, 9.17) is 0 Å². The van der Waals surface area contributed by atoms with Crippen LogP contribution in [0.1, 0.15) is 66.7 Å². The maximum Gasteiger partial charge on any atom is 0.251 e. The number of benzene rings is 1. The summed E-state index contributed by atoms with van der Waals surface area (Å²) in [5.74, 6) is 0.602. The largest absolute Gasteiger partial charge is 0.349 e. The van der Waals surface area contributed by atoms with E-state index in [2.05, 4.69) is 12.2 Å². The van der Waals surface area contributed by atoms with E-state index in [0.717, 1.165) is 12.8 Å². The summed E-state index contributed by atoms with van der Waals surface area (Å²) in [4.78, 5) is 23.5. The average Bonchev–Trinajstić information content (AvgIpc) is 2.48. The molecule has 20 heavy (non-hydrogen) atoms. The van der Waals surface area contributed by atoms with Gasteiger partial charge in [0.25, 0.3) is 5.91 Å². The Hall–Kier alpha value is -1.64. The zero-order chi connectivity index (χ0) is 14.5. The first-order valence-electron chi connectivity index (χ1n) is 7.53. The highest BCUT2D eigenvalue weighted by Crippen LogP contribution is 2.27. The summed E-state index contributed by atoms with van der Waals surface area (Å²) in [6, 6.07) is 7.20. The second-order valence-corrected chi connectivity index (χ2v) is 5.67.